The Hall–Kier alpha value is -1.45. The van der Waals surface area contributed by atoms with Gasteiger partial charge in [-0.15, -0.1) is 0 Å². The fourth-order valence-corrected chi connectivity index (χ4v) is 2.38. The Bertz CT molecular complexity index is 534. The van der Waals surface area contributed by atoms with E-state index in [9.17, 15) is 18.3 Å². The van der Waals surface area contributed by atoms with E-state index in [1.807, 2.05) is 0 Å². The number of carbonyl (C=O) groups is 1. The number of carboxylic acid groups (broad SMARTS) is 1. The molecule has 0 aliphatic heterocycles. The van der Waals surface area contributed by atoms with Gasteiger partial charge in [0.15, 0.2) is 5.03 Å². The third kappa shape index (κ3) is 4.09. The first kappa shape index (κ1) is 14.6. The van der Waals surface area contributed by atoms with Crippen molar-refractivity contribution in [2.75, 3.05) is 6.54 Å². The number of hydrogen-bond donors (Lipinski definition) is 3. The predicted molar refractivity (Wildman–Crippen MR) is 61.3 cm³/mol. The SMILES string of the molecule is Cn1cnc(S(=O)(=O)NCC(C)(O)CC(=O)O)c1. The molecule has 0 saturated heterocycles. The minimum atomic E-state index is -3.84. The van der Waals surface area contributed by atoms with Gasteiger partial charge in [0.25, 0.3) is 10.0 Å². The van der Waals surface area contributed by atoms with Crippen LogP contribution in [0.3, 0.4) is 0 Å². The van der Waals surface area contributed by atoms with Gasteiger partial charge in [-0.1, -0.05) is 0 Å². The summed E-state index contributed by atoms with van der Waals surface area (Å²) >= 11 is 0. The van der Waals surface area contributed by atoms with Gasteiger partial charge in [-0.2, -0.15) is 0 Å². The van der Waals surface area contributed by atoms with Gasteiger partial charge in [0.2, 0.25) is 0 Å². The standard InChI is InChI=1S/C9H15N3O5S/c1-9(15,3-8(13)14)5-11-18(16,17)7-4-12(2)6-10-7/h4,6,11,15H,3,5H2,1-2H3,(H,13,14). The normalized spacial score (nSPS) is 15.3. The number of imidazole rings is 1. The van der Waals surface area contributed by atoms with Crippen molar-refractivity contribution in [3.8, 4) is 0 Å². The van der Waals surface area contributed by atoms with Crippen molar-refractivity contribution in [2.24, 2.45) is 7.05 Å². The van der Waals surface area contributed by atoms with Gasteiger partial charge in [-0.25, -0.2) is 18.1 Å². The van der Waals surface area contributed by atoms with Gasteiger partial charge in [-0.3, -0.25) is 4.79 Å². The maximum absolute atomic E-state index is 11.7. The molecule has 9 heteroatoms. The second-order valence-corrected chi connectivity index (χ2v) is 5.98. The summed E-state index contributed by atoms with van der Waals surface area (Å²) in [5.74, 6) is -1.21. The second kappa shape index (κ2) is 5.04. The third-order valence-corrected chi connectivity index (χ3v) is 3.42. The van der Waals surface area contributed by atoms with Crippen molar-refractivity contribution < 1.29 is 23.4 Å². The van der Waals surface area contributed by atoms with E-state index in [0.717, 1.165) is 0 Å². The molecule has 1 rings (SSSR count). The van der Waals surface area contributed by atoms with E-state index in [1.165, 1.54) is 24.0 Å². The van der Waals surface area contributed by atoms with Crippen LogP contribution in [-0.2, 0) is 21.9 Å². The molecule has 0 fully saturated rings. The molecule has 1 unspecified atom stereocenters. The first-order chi connectivity index (χ1) is 8.12. The maximum Gasteiger partial charge on any atom is 0.306 e. The number of aryl methyl sites for hydroxylation is 1. The number of aliphatic carboxylic acids is 1. The van der Waals surface area contributed by atoms with Crippen molar-refractivity contribution in [3.63, 3.8) is 0 Å². The molecule has 0 bridgehead atoms. The molecular formula is C9H15N3O5S. The van der Waals surface area contributed by atoms with Crippen LogP contribution >= 0.6 is 0 Å². The van der Waals surface area contributed by atoms with E-state index >= 15 is 0 Å². The lowest BCUT2D eigenvalue weighted by Gasteiger charge is -2.20. The van der Waals surface area contributed by atoms with Gasteiger partial charge in [-0.05, 0) is 6.92 Å². The molecule has 0 aliphatic carbocycles. The van der Waals surface area contributed by atoms with Gasteiger partial charge in [0, 0.05) is 19.8 Å². The highest BCUT2D eigenvalue weighted by atomic mass is 32.2. The van der Waals surface area contributed by atoms with Crippen LogP contribution in [0.25, 0.3) is 0 Å². The molecule has 0 aromatic carbocycles. The van der Waals surface area contributed by atoms with Crippen LogP contribution in [0.2, 0.25) is 0 Å². The molecule has 1 aromatic heterocycles. The highest BCUT2D eigenvalue weighted by molar-refractivity contribution is 7.89. The molecule has 0 radical (unpaired) electrons. The Labute approximate surface area is 104 Å². The minimum absolute atomic E-state index is 0.184. The molecule has 0 saturated carbocycles. The Morgan fingerprint density at radius 2 is 2.22 bits per heavy atom. The number of hydrogen-bond acceptors (Lipinski definition) is 5. The molecule has 0 spiro atoms. The van der Waals surface area contributed by atoms with Crippen molar-refractivity contribution in [3.05, 3.63) is 12.5 Å². The number of rotatable bonds is 6. The van der Waals surface area contributed by atoms with Crippen molar-refractivity contribution in [1.29, 1.82) is 0 Å². The Morgan fingerprint density at radius 1 is 1.61 bits per heavy atom. The highest BCUT2D eigenvalue weighted by Crippen LogP contribution is 2.10. The number of carboxylic acids is 1. The summed E-state index contributed by atoms with van der Waals surface area (Å²) < 4.78 is 27.0. The van der Waals surface area contributed by atoms with E-state index in [0.29, 0.717) is 0 Å². The van der Waals surface area contributed by atoms with Crippen molar-refractivity contribution in [2.45, 2.75) is 24.0 Å². The topological polar surface area (TPSA) is 122 Å². The van der Waals surface area contributed by atoms with Crippen LogP contribution in [0.15, 0.2) is 17.6 Å². The average Bonchev–Trinajstić information content (AvgIpc) is 2.61. The van der Waals surface area contributed by atoms with Crippen LogP contribution < -0.4 is 4.72 Å². The summed E-state index contributed by atoms with van der Waals surface area (Å²) in [6.45, 7) is 0.834. The number of aromatic nitrogens is 2. The number of aliphatic hydroxyl groups is 1. The lowest BCUT2D eigenvalue weighted by Crippen LogP contribution is -2.42. The number of sulfonamides is 1. The molecule has 1 heterocycles. The van der Waals surface area contributed by atoms with Gasteiger partial charge in [0.05, 0.1) is 18.3 Å². The van der Waals surface area contributed by atoms with Crippen LogP contribution in [0.5, 0.6) is 0 Å². The summed E-state index contributed by atoms with van der Waals surface area (Å²) in [4.78, 5) is 14.1. The van der Waals surface area contributed by atoms with Crippen molar-refractivity contribution >= 4 is 16.0 Å². The lowest BCUT2D eigenvalue weighted by atomic mass is 10.0. The minimum Gasteiger partial charge on any atom is -0.481 e. The fourth-order valence-electron chi connectivity index (χ4n) is 1.24. The average molecular weight is 277 g/mol. The zero-order chi connectivity index (χ0) is 14.0. The fraction of sp³-hybridized carbons (Fsp3) is 0.556. The lowest BCUT2D eigenvalue weighted by molar-refractivity contribution is -0.141. The van der Waals surface area contributed by atoms with Crippen LogP contribution in [0, 0.1) is 0 Å². The molecular weight excluding hydrogens is 262 g/mol. The van der Waals surface area contributed by atoms with E-state index in [2.05, 4.69) is 9.71 Å². The quantitative estimate of drug-likeness (QED) is 0.608. The molecule has 18 heavy (non-hydrogen) atoms. The number of nitrogens with zero attached hydrogens (tertiary/aromatic N) is 2. The Morgan fingerprint density at radius 3 is 2.67 bits per heavy atom. The molecule has 1 aromatic rings. The summed E-state index contributed by atoms with van der Waals surface area (Å²) in [5, 5.41) is 18.0. The monoisotopic (exact) mass is 277 g/mol. The molecule has 0 amide bonds. The molecule has 0 aliphatic rings. The Balaban J connectivity index is 2.71. The van der Waals surface area contributed by atoms with Gasteiger partial charge in [0.1, 0.15) is 0 Å². The van der Waals surface area contributed by atoms with Crippen molar-refractivity contribution in [1.82, 2.24) is 14.3 Å². The zero-order valence-electron chi connectivity index (χ0n) is 9.99. The van der Waals surface area contributed by atoms with Crippen LogP contribution in [0.4, 0.5) is 0 Å². The summed E-state index contributed by atoms with van der Waals surface area (Å²) in [5.41, 5.74) is -1.66. The zero-order valence-corrected chi connectivity index (χ0v) is 10.8. The van der Waals surface area contributed by atoms with Gasteiger partial charge < -0.3 is 14.8 Å². The second-order valence-electron chi connectivity index (χ2n) is 4.27. The molecule has 102 valence electrons. The van der Waals surface area contributed by atoms with E-state index in [4.69, 9.17) is 5.11 Å². The highest BCUT2D eigenvalue weighted by Gasteiger charge is 2.27. The van der Waals surface area contributed by atoms with E-state index < -0.39 is 34.6 Å². The smallest absolute Gasteiger partial charge is 0.306 e. The Kier molecular flexibility index (Phi) is 4.09. The molecule has 8 nitrogen and oxygen atoms in total. The van der Waals surface area contributed by atoms with E-state index in [-0.39, 0.29) is 5.03 Å². The van der Waals surface area contributed by atoms with E-state index in [1.54, 1.807) is 7.05 Å². The maximum atomic E-state index is 11.7. The summed E-state index contributed by atoms with van der Waals surface area (Å²) in [6, 6.07) is 0. The van der Waals surface area contributed by atoms with Crippen LogP contribution in [-0.4, -0.2) is 46.3 Å². The number of nitrogens with one attached hydrogen (secondary N) is 1. The predicted octanol–water partition coefficient (Wildman–Crippen LogP) is -1.08. The summed E-state index contributed by atoms with van der Waals surface area (Å²) in [7, 11) is -2.23. The molecule has 3 N–H and O–H groups in total. The first-order valence-corrected chi connectivity index (χ1v) is 6.52. The van der Waals surface area contributed by atoms with Crippen LogP contribution in [0.1, 0.15) is 13.3 Å². The largest absolute Gasteiger partial charge is 0.481 e. The third-order valence-electron chi connectivity index (χ3n) is 2.13. The van der Waals surface area contributed by atoms with Gasteiger partial charge >= 0.3 is 5.97 Å². The molecule has 1 atom stereocenters. The first-order valence-electron chi connectivity index (χ1n) is 5.04. The summed E-state index contributed by atoms with van der Waals surface area (Å²) in [6.07, 6.45) is 2.07.